The fourth-order valence-electron chi connectivity index (χ4n) is 3.22. The third-order valence-electron chi connectivity index (χ3n) is 4.78. The number of aromatic nitrogens is 2. The molecule has 0 aromatic carbocycles. The van der Waals surface area contributed by atoms with Gasteiger partial charge in [0.15, 0.2) is 5.82 Å². The topological polar surface area (TPSA) is 67.2 Å². The van der Waals surface area contributed by atoms with Gasteiger partial charge < -0.3 is 14.8 Å². The van der Waals surface area contributed by atoms with Crippen LogP contribution in [-0.2, 0) is 13.0 Å². The molecule has 2 heterocycles. The largest absolute Gasteiger partial charge is 0.349 e. The van der Waals surface area contributed by atoms with Crippen LogP contribution in [0, 0.1) is 0 Å². The van der Waals surface area contributed by atoms with Crippen LogP contribution in [0.3, 0.4) is 0 Å². The lowest BCUT2D eigenvalue weighted by atomic mass is 10.1. The quantitative estimate of drug-likeness (QED) is 0.698. The van der Waals surface area contributed by atoms with Gasteiger partial charge in [0.1, 0.15) is 5.69 Å². The molecule has 0 spiro atoms. The maximum atomic E-state index is 12.8. The van der Waals surface area contributed by atoms with Crippen molar-refractivity contribution in [1.82, 2.24) is 19.8 Å². The molecule has 0 bridgehead atoms. The zero-order valence-electron chi connectivity index (χ0n) is 15.9. The van der Waals surface area contributed by atoms with E-state index in [1.807, 2.05) is 11.6 Å². The van der Waals surface area contributed by atoms with Crippen molar-refractivity contribution in [2.45, 2.75) is 71.8 Å². The molecule has 140 valence electrons. The number of amides is 2. The van der Waals surface area contributed by atoms with E-state index >= 15 is 0 Å². The van der Waals surface area contributed by atoms with Gasteiger partial charge in [0, 0.05) is 26.7 Å². The molecule has 25 heavy (non-hydrogen) atoms. The molecule has 1 aromatic heterocycles. The van der Waals surface area contributed by atoms with Crippen LogP contribution in [0.25, 0.3) is 0 Å². The van der Waals surface area contributed by atoms with E-state index in [0.717, 1.165) is 70.2 Å². The Morgan fingerprint density at radius 1 is 1.16 bits per heavy atom. The van der Waals surface area contributed by atoms with E-state index in [4.69, 9.17) is 0 Å². The van der Waals surface area contributed by atoms with E-state index in [9.17, 15) is 9.59 Å². The predicted octanol–water partition coefficient (Wildman–Crippen LogP) is 3.01. The fourth-order valence-corrected chi connectivity index (χ4v) is 3.22. The van der Waals surface area contributed by atoms with Gasteiger partial charge >= 0.3 is 0 Å². The van der Waals surface area contributed by atoms with Crippen molar-refractivity contribution in [3.05, 3.63) is 17.2 Å². The average molecular weight is 348 g/mol. The summed E-state index contributed by atoms with van der Waals surface area (Å²) in [5.41, 5.74) is 1.40. The Labute approximate surface area is 151 Å². The van der Waals surface area contributed by atoms with Crippen LogP contribution in [0.15, 0.2) is 0 Å². The number of nitrogens with zero attached hydrogens (tertiary/aromatic N) is 3. The Morgan fingerprint density at radius 3 is 2.64 bits per heavy atom. The monoisotopic (exact) mass is 348 g/mol. The van der Waals surface area contributed by atoms with Crippen molar-refractivity contribution >= 4 is 11.8 Å². The summed E-state index contributed by atoms with van der Waals surface area (Å²) in [6.07, 6.45) is 8.11. The number of carbonyl (C=O) groups is 2. The predicted molar refractivity (Wildman–Crippen MR) is 98.9 cm³/mol. The standard InChI is InChI=1S/C19H32N4O2/c1-4-6-9-12-20-18(24)17-21-16(15-11-8-10-14-23(15)17)19(25)22(3)13-7-5-2/h4-14H2,1-3H3,(H,20,24). The van der Waals surface area contributed by atoms with E-state index < -0.39 is 0 Å². The summed E-state index contributed by atoms with van der Waals surface area (Å²) in [6.45, 7) is 6.40. The van der Waals surface area contributed by atoms with Crippen LogP contribution in [-0.4, -0.2) is 46.4 Å². The minimum absolute atomic E-state index is 0.0656. The number of imidazole rings is 1. The minimum atomic E-state index is -0.158. The van der Waals surface area contributed by atoms with Crippen molar-refractivity contribution in [1.29, 1.82) is 0 Å². The molecule has 0 radical (unpaired) electrons. The molecule has 6 heteroatoms. The van der Waals surface area contributed by atoms with Crippen LogP contribution < -0.4 is 5.32 Å². The average Bonchev–Trinajstić information content (AvgIpc) is 3.02. The minimum Gasteiger partial charge on any atom is -0.349 e. The van der Waals surface area contributed by atoms with Crippen molar-refractivity contribution in [3.8, 4) is 0 Å². The van der Waals surface area contributed by atoms with Crippen molar-refractivity contribution < 1.29 is 9.59 Å². The van der Waals surface area contributed by atoms with E-state index in [1.165, 1.54) is 0 Å². The lowest BCUT2D eigenvalue weighted by molar-refractivity contribution is 0.0786. The summed E-state index contributed by atoms with van der Waals surface area (Å²) in [4.78, 5) is 31.5. The van der Waals surface area contributed by atoms with Gasteiger partial charge in [-0.05, 0) is 32.1 Å². The third-order valence-corrected chi connectivity index (χ3v) is 4.78. The van der Waals surface area contributed by atoms with E-state index in [0.29, 0.717) is 18.1 Å². The maximum Gasteiger partial charge on any atom is 0.287 e. The highest BCUT2D eigenvalue weighted by atomic mass is 16.2. The molecule has 1 aromatic rings. The molecule has 2 rings (SSSR count). The number of unbranched alkanes of at least 4 members (excludes halogenated alkanes) is 3. The first-order valence-corrected chi connectivity index (χ1v) is 9.73. The highest BCUT2D eigenvalue weighted by Crippen LogP contribution is 2.22. The van der Waals surface area contributed by atoms with E-state index in [1.54, 1.807) is 4.90 Å². The molecule has 0 saturated carbocycles. The summed E-state index contributed by atoms with van der Waals surface area (Å²) < 4.78 is 1.96. The van der Waals surface area contributed by atoms with Crippen LogP contribution in [0.5, 0.6) is 0 Å². The lowest BCUT2D eigenvalue weighted by Crippen LogP contribution is -2.29. The smallest absolute Gasteiger partial charge is 0.287 e. The second kappa shape index (κ2) is 9.59. The van der Waals surface area contributed by atoms with Crippen molar-refractivity contribution in [3.63, 3.8) is 0 Å². The second-order valence-electron chi connectivity index (χ2n) is 6.88. The molecule has 1 N–H and O–H groups in total. The normalized spacial score (nSPS) is 13.4. The Kier molecular flexibility index (Phi) is 7.47. The zero-order valence-corrected chi connectivity index (χ0v) is 15.9. The summed E-state index contributed by atoms with van der Waals surface area (Å²) in [6, 6.07) is 0. The van der Waals surface area contributed by atoms with Crippen LogP contribution in [0.2, 0.25) is 0 Å². The Balaban J connectivity index is 2.17. The Morgan fingerprint density at radius 2 is 1.92 bits per heavy atom. The molecular formula is C19H32N4O2. The number of carbonyl (C=O) groups excluding carboxylic acids is 2. The van der Waals surface area contributed by atoms with Crippen LogP contribution in [0.1, 0.15) is 85.6 Å². The highest BCUT2D eigenvalue weighted by Gasteiger charge is 2.28. The molecule has 2 amide bonds. The van der Waals surface area contributed by atoms with E-state index in [2.05, 4.69) is 24.1 Å². The first-order chi connectivity index (χ1) is 12.1. The SMILES string of the molecule is CCCCCNC(=O)c1nc(C(=O)N(C)CCCC)c2n1CCCC2. The number of fused-ring (bicyclic) bond motifs is 1. The van der Waals surface area contributed by atoms with Gasteiger partial charge in [-0.1, -0.05) is 33.1 Å². The molecule has 1 aliphatic rings. The molecule has 6 nitrogen and oxygen atoms in total. The Hall–Kier alpha value is -1.85. The van der Waals surface area contributed by atoms with Gasteiger partial charge in [0.25, 0.3) is 11.8 Å². The number of hydrogen-bond acceptors (Lipinski definition) is 3. The number of rotatable bonds is 9. The van der Waals surface area contributed by atoms with Gasteiger partial charge in [0.2, 0.25) is 0 Å². The zero-order chi connectivity index (χ0) is 18.2. The van der Waals surface area contributed by atoms with E-state index in [-0.39, 0.29) is 11.8 Å². The number of hydrogen-bond donors (Lipinski definition) is 1. The van der Waals surface area contributed by atoms with Crippen molar-refractivity contribution in [2.75, 3.05) is 20.1 Å². The van der Waals surface area contributed by atoms with Gasteiger partial charge in [-0.25, -0.2) is 4.98 Å². The number of nitrogens with one attached hydrogen (secondary N) is 1. The van der Waals surface area contributed by atoms with Gasteiger partial charge in [-0.3, -0.25) is 9.59 Å². The fraction of sp³-hybridized carbons (Fsp3) is 0.737. The molecule has 0 atom stereocenters. The molecule has 1 aliphatic heterocycles. The molecule has 0 saturated heterocycles. The maximum absolute atomic E-state index is 12.8. The van der Waals surface area contributed by atoms with Crippen LogP contribution in [0.4, 0.5) is 0 Å². The highest BCUT2D eigenvalue weighted by molar-refractivity contribution is 5.97. The molecule has 0 fully saturated rings. The van der Waals surface area contributed by atoms with Crippen LogP contribution >= 0.6 is 0 Å². The van der Waals surface area contributed by atoms with Gasteiger partial charge in [-0.15, -0.1) is 0 Å². The van der Waals surface area contributed by atoms with Gasteiger partial charge in [0.05, 0.1) is 5.69 Å². The van der Waals surface area contributed by atoms with Crippen molar-refractivity contribution in [2.24, 2.45) is 0 Å². The third kappa shape index (κ3) is 4.83. The molecule has 0 aliphatic carbocycles. The molecular weight excluding hydrogens is 316 g/mol. The Bertz CT molecular complexity index is 594. The van der Waals surface area contributed by atoms with Gasteiger partial charge in [-0.2, -0.15) is 0 Å². The first-order valence-electron chi connectivity index (χ1n) is 9.73. The summed E-state index contributed by atoms with van der Waals surface area (Å²) in [7, 11) is 1.82. The summed E-state index contributed by atoms with van der Waals surface area (Å²) in [5, 5.41) is 2.95. The second-order valence-corrected chi connectivity index (χ2v) is 6.88. The summed E-state index contributed by atoms with van der Waals surface area (Å²) >= 11 is 0. The first kappa shape index (κ1) is 19.5. The molecule has 0 unspecified atom stereocenters. The summed E-state index contributed by atoms with van der Waals surface area (Å²) in [5.74, 6) is 0.178. The lowest BCUT2D eigenvalue weighted by Gasteiger charge is -2.19.